The van der Waals surface area contributed by atoms with Gasteiger partial charge in [0.1, 0.15) is 0 Å². The third-order valence-corrected chi connectivity index (χ3v) is 3.30. The summed E-state index contributed by atoms with van der Waals surface area (Å²) >= 11 is 0. The molecule has 2 aromatic rings. The Balaban J connectivity index is 1.54. The third kappa shape index (κ3) is 2.92. The zero-order valence-corrected chi connectivity index (χ0v) is 11.1. The molecule has 2 aromatic carbocycles. The van der Waals surface area contributed by atoms with E-state index in [1.165, 1.54) is 11.1 Å². The van der Waals surface area contributed by atoms with Gasteiger partial charge in [-0.1, -0.05) is 30.3 Å². The highest BCUT2D eigenvalue weighted by atomic mass is 16.7. The Kier molecular flexibility index (Phi) is 3.85. The second-order valence-corrected chi connectivity index (χ2v) is 4.77. The lowest BCUT2D eigenvalue weighted by Gasteiger charge is -2.06. The topological polar surface area (TPSA) is 50.7 Å². The van der Waals surface area contributed by atoms with E-state index in [9.17, 15) is 0 Å². The maximum absolute atomic E-state index is 8.99. The fraction of sp³-hybridized carbons (Fsp3) is 0.250. The Bertz CT molecular complexity index is 581. The van der Waals surface area contributed by atoms with E-state index in [0.29, 0.717) is 6.79 Å². The molecule has 0 spiro atoms. The fourth-order valence-corrected chi connectivity index (χ4v) is 2.16. The summed E-state index contributed by atoms with van der Waals surface area (Å²) in [7, 11) is 0. The Hall–Kier alpha value is -2.04. The average molecular weight is 271 g/mol. The Morgan fingerprint density at radius 3 is 2.30 bits per heavy atom. The molecule has 1 aliphatic rings. The van der Waals surface area contributed by atoms with Gasteiger partial charge in [-0.25, -0.2) is 0 Å². The van der Waals surface area contributed by atoms with Gasteiger partial charge in [-0.15, -0.1) is 0 Å². The third-order valence-electron chi connectivity index (χ3n) is 3.30. The van der Waals surface area contributed by atoms with Gasteiger partial charge in [-0.3, -0.25) is 0 Å². The van der Waals surface area contributed by atoms with Crippen LogP contribution in [0.4, 0.5) is 0 Å². The second-order valence-electron chi connectivity index (χ2n) is 4.77. The van der Waals surface area contributed by atoms with Crippen LogP contribution in [-0.2, 0) is 19.7 Å². The molecule has 2 N–H and O–H groups in total. The Labute approximate surface area is 118 Å². The second kappa shape index (κ2) is 5.94. The van der Waals surface area contributed by atoms with Crippen LogP contribution in [0.3, 0.4) is 0 Å². The van der Waals surface area contributed by atoms with Gasteiger partial charge in [-0.2, -0.15) is 0 Å². The number of aliphatic hydroxyl groups is 1. The number of benzene rings is 2. The summed E-state index contributed by atoms with van der Waals surface area (Å²) in [5.41, 5.74) is 3.30. The minimum atomic E-state index is 0.0882. The van der Waals surface area contributed by atoms with E-state index < -0.39 is 0 Å². The summed E-state index contributed by atoms with van der Waals surface area (Å²) in [5, 5.41) is 12.4. The standard InChI is InChI=1S/C16H17NO3/c18-10-13-3-1-12(2-4-13)8-17-9-14-5-6-15-16(7-14)20-11-19-15/h1-7,17-18H,8-11H2. The van der Waals surface area contributed by atoms with Crippen LogP contribution in [0.1, 0.15) is 16.7 Å². The first-order valence-corrected chi connectivity index (χ1v) is 6.63. The van der Waals surface area contributed by atoms with Crippen molar-refractivity contribution < 1.29 is 14.6 Å². The molecule has 4 heteroatoms. The van der Waals surface area contributed by atoms with E-state index in [1.807, 2.05) is 42.5 Å². The molecule has 0 radical (unpaired) electrons. The van der Waals surface area contributed by atoms with Crippen molar-refractivity contribution in [3.8, 4) is 11.5 Å². The highest BCUT2D eigenvalue weighted by molar-refractivity contribution is 5.44. The number of aliphatic hydroxyl groups excluding tert-OH is 1. The van der Waals surface area contributed by atoms with Crippen LogP contribution in [0.15, 0.2) is 42.5 Å². The Morgan fingerprint density at radius 2 is 1.50 bits per heavy atom. The zero-order chi connectivity index (χ0) is 13.8. The smallest absolute Gasteiger partial charge is 0.231 e. The number of fused-ring (bicyclic) bond motifs is 1. The van der Waals surface area contributed by atoms with Crippen LogP contribution < -0.4 is 14.8 Å². The van der Waals surface area contributed by atoms with Crippen LogP contribution in [-0.4, -0.2) is 11.9 Å². The van der Waals surface area contributed by atoms with E-state index in [0.717, 1.165) is 30.2 Å². The molecule has 0 saturated carbocycles. The van der Waals surface area contributed by atoms with Crippen molar-refractivity contribution in [3.63, 3.8) is 0 Å². The molecule has 0 saturated heterocycles. The Morgan fingerprint density at radius 1 is 0.850 bits per heavy atom. The molecule has 0 aromatic heterocycles. The maximum atomic E-state index is 8.99. The highest BCUT2D eigenvalue weighted by Crippen LogP contribution is 2.32. The van der Waals surface area contributed by atoms with E-state index >= 15 is 0 Å². The molecule has 0 aliphatic carbocycles. The fourth-order valence-electron chi connectivity index (χ4n) is 2.16. The van der Waals surface area contributed by atoms with Crippen LogP contribution >= 0.6 is 0 Å². The van der Waals surface area contributed by atoms with Gasteiger partial charge >= 0.3 is 0 Å². The number of hydrogen-bond acceptors (Lipinski definition) is 4. The maximum Gasteiger partial charge on any atom is 0.231 e. The predicted molar refractivity (Wildman–Crippen MR) is 75.5 cm³/mol. The van der Waals surface area contributed by atoms with Crippen molar-refractivity contribution in [1.82, 2.24) is 5.32 Å². The van der Waals surface area contributed by atoms with Crippen molar-refractivity contribution >= 4 is 0 Å². The average Bonchev–Trinajstić information content (AvgIpc) is 2.95. The number of rotatable bonds is 5. The van der Waals surface area contributed by atoms with Crippen molar-refractivity contribution in [1.29, 1.82) is 0 Å². The summed E-state index contributed by atoms with van der Waals surface area (Å²) in [6.07, 6.45) is 0. The zero-order valence-electron chi connectivity index (χ0n) is 11.1. The number of nitrogens with one attached hydrogen (secondary N) is 1. The first kappa shape index (κ1) is 13.0. The molecular formula is C16H17NO3. The van der Waals surface area contributed by atoms with E-state index in [4.69, 9.17) is 14.6 Å². The van der Waals surface area contributed by atoms with Crippen LogP contribution in [0, 0.1) is 0 Å². The minimum Gasteiger partial charge on any atom is -0.454 e. The first-order chi connectivity index (χ1) is 9.85. The van der Waals surface area contributed by atoms with Gasteiger partial charge < -0.3 is 19.9 Å². The van der Waals surface area contributed by atoms with Crippen molar-refractivity contribution in [2.24, 2.45) is 0 Å². The predicted octanol–water partition coefficient (Wildman–Crippen LogP) is 2.20. The van der Waals surface area contributed by atoms with E-state index in [1.54, 1.807) is 0 Å². The van der Waals surface area contributed by atoms with Crippen LogP contribution in [0.2, 0.25) is 0 Å². The molecule has 0 amide bonds. The van der Waals surface area contributed by atoms with Gasteiger partial charge in [0.25, 0.3) is 0 Å². The van der Waals surface area contributed by atoms with Crippen LogP contribution in [0.5, 0.6) is 11.5 Å². The minimum absolute atomic E-state index is 0.0882. The molecular weight excluding hydrogens is 254 g/mol. The number of hydrogen-bond donors (Lipinski definition) is 2. The first-order valence-electron chi connectivity index (χ1n) is 6.63. The molecule has 1 aliphatic heterocycles. The van der Waals surface area contributed by atoms with Crippen molar-refractivity contribution in [2.45, 2.75) is 19.7 Å². The molecule has 0 fully saturated rings. The van der Waals surface area contributed by atoms with Gasteiger partial charge in [0.05, 0.1) is 6.61 Å². The molecule has 1 heterocycles. The largest absolute Gasteiger partial charge is 0.454 e. The molecule has 20 heavy (non-hydrogen) atoms. The number of ether oxygens (including phenoxy) is 2. The quantitative estimate of drug-likeness (QED) is 0.875. The van der Waals surface area contributed by atoms with Gasteiger partial charge in [0, 0.05) is 13.1 Å². The summed E-state index contributed by atoms with van der Waals surface area (Å²) in [6.45, 7) is 1.97. The lowest BCUT2D eigenvalue weighted by atomic mass is 10.1. The SMILES string of the molecule is OCc1ccc(CNCc2ccc3c(c2)OCO3)cc1. The summed E-state index contributed by atoms with van der Waals surface area (Å²) < 4.78 is 10.6. The summed E-state index contributed by atoms with van der Waals surface area (Å²) in [6, 6.07) is 13.9. The summed E-state index contributed by atoms with van der Waals surface area (Å²) in [5.74, 6) is 1.63. The van der Waals surface area contributed by atoms with Crippen molar-refractivity contribution in [3.05, 3.63) is 59.2 Å². The van der Waals surface area contributed by atoms with E-state index in [2.05, 4.69) is 5.32 Å². The van der Waals surface area contributed by atoms with Gasteiger partial charge in [0.2, 0.25) is 6.79 Å². The monoisotopic (exact) mass is 271 g/mol. The van der Waals surface area contributed by atoms with Crippen molar-refractivity contribution in [2.75, 3.05) is 6.79 Å². The lowest BCUT2D eigenvalue weighted by Crippen LogP contribution is -2.12. The lowest BCUT2D eigenvalue weighted by molar-refractivity contribution is 0.174. The van der Waals surface area contributed by atoms with Crippen LogP contribution in [0.25, 0.3) is 0 Å². The molecule has 4 nitrogen and oxygen atoms in total. The van der Waals surface area contributed by atoms with Gasteiger partial charge in [-0.05, 0) is 28.8 Å². The van der Waals surface area contributed by atoms with Gasteiger partial charge in [0.15, 0.2) is 11.5 Å². The van der Waals surface area contributed by atoms with E-state index in [-0.39, 0.29) is 6.61 Å². The normalized spacial score (nSPS) is 12.7. The summed E-state index contributed by atoms with van der Waals surface area (Å²) in [4.78, 5) is 0. The molecule has 0 unspecified atom stereocenters. The molecule has 104 valence electrons. The highest BCUT2D eigenvalue weighted by Gasteiger charge is 2.12. The molecule has 0 bridgehead atoms. The molecule has 3 rings (SSSR count). The molecule has 0 atom stereocenters.